The maximum atomic E-state index is 10.8. The standard InChI is InChI=1S/C13H16N4O2/c1-9-8-16(5-4-12(9)15)11-2-3-13(17(18)19)10(6-11)7-14/h2-3,6,9,12H,4-5,8,15H2,1H3. The van der Waals surface area contributed by atoms with Crippen LogP contribution < -0.4 is 10.6 Å². The molecule has 1 heterocycles. The summed E-state index contributed by atoms with van der Waals surface area (Å²) in [6.07, 6.45) is 0.889. The fourth-order valence-corrected chi connectivity index (χ4v) is 2.37. The van der Waals surface area contributed by atoms with Gasteiger partial charge in [0.2, 0.25) is 0 Å². The Bertz CT molecular complexity index is 538. The Morgan fingerprint density at radius 2 is 2.32 bits per heavy atom. The molecule has 1 fully saturated rings. The number of hydrogen-bond donors (Lipinski definition) is 1. The van der Waals surface area contributed by atoms with Gasteiger partial charge in [0.15, 0.2) is 0 Å². The third-order valence-electron chi connectivity index (χ3n) is 3.63. The lowest BCUT2D eigenvalue weighted by Gasteiger charge is -2.36. The highest BCUT2D eigenvalue weighted by molar-refractivity contribution is 5.60. The number of hydrogen-bond acceptors (Lipinski definition) is 5. The van der Waals surface area contributed by atoms with E-state index in [9.17, 15) is 10.1 Å². The molecule has 6 heteroatoms. The van der Waals surface area contributed by atoms with Crippen LogP contribution in [0.3, 0.4) is 0 Å². The van der Waals surface area contributed by atoms with Crippen LogP contribution in [0.5, 0.6) is 0 Å². The number of rotatable bonds is 2. The van der Waals surface area contributed by atoms with Gasteiger partial charge in [0, 0.05) is 30.9 Å². The van der Waals surface area contributed by atoms with E-state index in [0.717, 1.165) is 25.2 Å². The number of nitro groups is 1. The van der Waals surface area contributed by atoms with Crippen molar-refractivity contribution in [3.05, 3.63) is 33.9 Å². The first kappa shape index (κ1) is 13.3. The van der Waals surface area contributed by atoms with Crippen molar-refractivity contribution >= 4 is 11.4 Å². The Labute approximate surface area is 111 Å². The smallest absolute Gasteiger partial charge is 0.287 e. The predicted molar refractivity (Wildman–Crippen MR) is 71.8 cm³/mol. The minimum Gasteiger partial charge on any atom is -0.371 e. The lowest BCUT2D eigenvalue weighted by Crippen LogP contribution is -2.46. The van der Waals surface area contributed by atoms with E-state index in [2.05, 4.69) is 11.8 Å². The van der Waals surface area contributed by atoms with E-state index in [1.807, 2.05) is 6.07 Å². The summed E-state index contributed by atoms with van der Waals surface area (Å²) in [6, 6.07) is 6.76. The number of piperidine rings is 1. The Balaban J connectivity index is 2.27. The summed E-state index contributed by atoms with van der Waals surface area (Å²) in [4.78, 5) is 12.4. The number of benzene rings is 1. The van der Waals surface area contributed by atoms with E-state index in [1.54, 1.807) is 12.1 Å². The second-order valence-electron chi connectivity index (χ2n) is 4.95. The zero-order chi connectivity index (χ0) is 14.0. The van der Waals surface area contributed by atoms with E-state index in [1.165, 1.54) is 6.07 Å². The van der Waals surface area contributed by atoms with Crippen LogP contribution in [-0.2, 0) is 0 Å². The molecule has 0 bridgehead atoms. The van der Waals surface area contributed by atoms with Crippen molar-refractivity contribution in [2.75, 3.05) is 18.0 Å². The summed E-state index contributed by atoms with van der Waals surface area (Å²) in [5.41, 5.74) is 6.77. The zero-order valence-corrected chi connectivity index (χ0v) is 10.7. The topological polar surface area (TPSA) is 96.2 Å². The van der Waals surface area contributed by atoms with Crippen LogP contribution in [0.25, 0.3) is 0 Å². The fourth-order valence-electron chi connectivity index (χ4n) is 2.37. The Kier molecular flexibility index (Phi) is 3.67. The Hall–Kier alpha value is -2.13. The lowest BCUT2D eigenvalue weighted by atomic mass is 9.94. The number of nitrogens with two attached hydrogens (primary N) is 1. The van der Waals surface area contributed by atoms with Crippen LogP contribution in [0.1, 0.15) is 18.9 Å². The van der Waals surface area contributed by atoms with E-state index < -0.39 is 4.92 Å². The van der Waals surface area contributed by atoms with Crippen molar-refractivity contribution in [1.82, 2.24) is 0 Å². The SMILES string of the molecule is CC1CN(c2ccc([N+](=O)[O-])c(C#N)c2)CCC1N. The van der Waals surface area contributed by atoms with E-state index in [0.29, 0.717) is 5.92 Å². The van der Waals surface area contributed by atoms with Crippen molar-refractivity contribution < 1.29 is 4.92 Å². The molecule has 0 saturated carbocycles. The first-order valence-electron chi connectivity index (χ1n) is 6.22. The van der Waals surface area contributed by atoms with Gasteiger partial charge in [-0.3, -0.25) is 10.1 Å². The third-order valence-corrected chi connectivity index (χ3v) is 3.63. The largest absolute Gasteiger partial charge is 0.371 e. The fraction of sp³-hybridized carbons (Fsp3) is 0.462. The molecule has 2 N–H and O–H groups in total. The second-order valence-corrected chi connectivity index (χ2v) is 4.95. The highest BCUT2D eigenvalue weighted by atomic mass is 16.6. The van der Waals surface area contributed by atoms with Gasteiger partial charge in [0.05, 0.1) is 4.92 Å². The molecule has 100 valence electrons. The van der Waals surface area contributed by atoms with Crippen molar-refractivity contribution in [3.8, 4) is 6.07 Å². The molecule has 0 amide bonds. The second kappa shape index (κ2) is 5.24. The number of anilines is 1. The van der Waals surface area contributed by atoms with E-state index in [-0.39, 0.29) is 17.3 Å². The number of nitro benzene ring substituents is 1. The van der Waals surface area contributed by atoms with Crippen molar-refractivity contribution in [2.24, 2.45) is 11.7 Å². The van der Waals surface area contributed by atoms with Gasteiger partial charge in [-0.2, -0.15) is 5.26 Å². The summed E-state index contributed by atoms with van der Waals surface area (Å²) in [5, 5.41) is 19.8. The molecule has 2 rings (SSSR count). The van der Waals surface area contributed by atoms with Gasteiger partial charge in [-0.25, -0.2) is 0 Å². The Morgan fingerprint density at radius 3 is 2.89 bits per heavy atom. The lowest BCUT2D eigenvalue weighted by molar-refractivity contribution is -0.385. The molecule has 1 saturated heterocycles. The summed E-state index contributed by atoms with van der Waals surface area (Å²) < 4.78 is 0. The highest BCUT2D eigenvalue weighted by Crippen LogP contribution is 2.27. The number of nitrogens with zero attached hydrogens (tertiary/aromatic N) is 3. The molecular weight excluding hydrogens is 244 g/mol. The first-order valence-corrected chi connectivity index (χ1v) is 6.22. The van der Waals surface area contributed by atoms with Crippen LogP contribution >= 0.6 is 0 Å². The minimum absolute atomic E-state index is 0.102. The maximum absolute atomic E-state index is 10.8. The quantitative estimate of drug-likeness (QED) is 0.644. The van der Waals surface area contributed by atoms with Gasteiger partial charge < -0.3 is 10.6 Å². The van der Waals surface area contributed by atoms with Crippen LogP contribution in [-0.4, -0.2) is 24.1 Å². The van der Waals surface area contributed by atoms with Crippen LogP contribution in [0.4, 0.5) is 11.4 Å². The van der Waals surface area contributed by atoms with E-state index >= 15 is 0 Å². The van der Waals surface area contributed by atoms with Crippen molar-refractivity contribution in [3.63, 3.8) is 0 Å². The molecule has 19 heavy (non-hydrogen) atoms. The Morgan fingerprint density at radius 1 is 1.58 bits per heavy atom. The molecule has 0 spiro atoms. The molecule has 2 atom stereocenters. The molecule has 1 aromatic rings. The van der Waals surface area contributed by atoms with Gasteiger partial charge in [-0.15, -0.1) is 0 Å². The number of nitriles is 1. The van der Waals surface area contributed by atoms with Gasteiger partial charge >= 0.3 is 0 Å². The monoisotopic (exact) mass is 260 g/mol. The summed E-state index contributed by atoms with van der Waals surface area (Å²) >= 11 is 0. The summed E-state index contributed by atoms with van der Waals surface area (Å²) in [6.45, 7) is 3.71. The van der Waals surface area contributed by atoms with E-state index in [4.69, 9.17) is 11.0 Å². The van der Waals surface area contributed by atoms with Crippen LogP contribution in [0, 0.1) is 27.4 Å². The molecule has 0 radical (unpaired) electrons. The molecule has 6 nitrogen and oxygen atoms in total. The summed E-state index contributed by atoms with van der Waals surface area (Å²) in [7, 11) is 0. The molecule has 0 aromatic heterocycles. The summed E-state index contributed by atoms with van der Waals surface area (Å²) in [5.74, 6) is 0.370. The zero-order valence-electron chi connectivity index (χ0n) is 10.7. The van der Waals surface area contributed by atoms with Gasteiger partial charge in [0.25, 0.3) is 5.69 Å². The normalized spacial score (nSPS) is 22.9. The first-order chi connectivity index (χ1) is 9.02. The van der Waals surface area contributed by atoms with Crippen LogP contribution in [0.2, 0.25) is 0 Å². The molecule has 1 aliphatic heterocycles. The van der Waals surface area contributed by atoms with Crippen molar-refractivity contribution in [1.29, 1.82) is 5.26 Å². The maximum Gasteiger partial charge on any atom is 0.287 e. The predicted octanol–water partition coefficient (Wildman–Crippen LogP) is 1.64. The minimum atomic E-state index is -0.531. The molecular formula is C13H16N4O2. The van der Waals surface area contributed by atoms with Gasteiger partial charge in [-0.1, -0.05) is 6.92 Å². The molecule has 0 aliphatic carbocycles. The van der Waals surface area contributed by atoms with Crippen LogP contribution in [0.15, 0.2) is 18.2 Å². The van der Waals surface area contributed by atoms with Gasteiger partial charge in [-0.05, 0) is 24.5 Å². The average Bonchev–Trinajstić information content (AvgIpc) is 2.41. The van der Waals surface area contributed by atoms with Crippen molar-refractivity contribution in [2.45, 2.75) is 19.4 Å². The molecule has 2 unspecified atom stereocenters. The molecule has 1 aromatic carbocycles. The molecule has 1 aliphatic rings. The van der Waals surface area contributed by atoms with Gasteiger partial charge in [0.1, 0.15) is 11.6 Å². The third kappa shape index (κ3) is 2.66. The highest BCUT2D eigenvalue weighted by Gasteiger charge is 2.24. The average molecular weight is 260 g/mol.